The van der Waals surface area contributed by atoms with Crippen molar-refractivity contribution in [1.82, 2.24) is 0 Å². The Balaban J connectivity index is 1.99. The molecule has 3 aromatic rings. The number of Topliss-reactive ketones (excluding diaryl/α,β-unsaturated/α-hetero) is 1. The Kier molecular flexibility index (Phi) is 7.07. The van der Waals surface area contributed by atoms with Crippen molar-refractivity contribution in [2.45, 2.75) is 39.2 Å². The summed E-state index contributed by atoms with van der Waals surface area (Å²) in [7, 11) is 2.98. The Hall–Kier alpha value is -3.77. The Bertz CT molecular complexity index is 1400. The maximum absolute atomic E-state index is 13.5. The van der Waals surface area contributed by atoms with Gasteiger partial charge in [0.2, 0.25) is 0 Å². The highest BCUT2D eigenvalue weighted by Crippen LogP contribution is 2.45. The third-order valence-electron chi connectivity index (χ3n) is 6.63. The molecule has 1 aliphatic heterocycles. The molecule has 1 atom stereocenters. The number of anilines is 1. The van der Waals surface area contributed by atoms with Gasteiger partial charge in [0.05, 0.1) is 31.4 Å². The first-order valence-corrected chi connectivity index (χ1v) is 12.3. The standard InChI is InChI=1S/C30H30ClNO5/c1-17-7-12-20(31)15-23(17)32-26(18-8-10-19(11-9-18)30(2,3)4)25(28(34)29(32)35)27(33)22-14-13-21(36-5)16-24(22)37-6/h7-16,26,33H,1-6H3/b27-25-. The van der Waals surface area contributed by atoms with E-state index in [9.17, 15) is 14.7 Å². The van der Waals surface area contributed by atoms with Crippen molar-refractivity contribution < 1.29 is 24.2 Å². The van der Waals surface area contributed by atoms with Gasteiger partial charge in [-0.2, -0.15) is 0 Å². The highest BCUT2D eigenvalue weighted by atomic mass is 35.5. The second-order valence-electron chi connectivity index (χ2n) is 10.0. The second kappa shape index (κ2) is 9.94. The van der Waals surface area contributed by atoms with Crippen molar-refractivity contribution in [3.63, 3.8) is 0 Å². The third-order valence-corrected chi connectivity index (χ3v) is 6.87. The molecule has 0 saturated carbocycles. The largest absolute Gasteiger partial charge is 0.507 e. The SMILES string of the molecule is COc1ccc(/C(O)=C2/C(=O)C(=O)N(c3cc(Cl)ccc3C)C2c2ccc(C(C)(C)C)cc2)c(OC)c1. The van der Waals surface area contributed by atoms with E-state index in [0.29, 0.717) is 27.8 Å². The lowest BCUT2D eigenvalue weighted by molar-refractivity contribution is -0.132. The quantitative estimate of drug-likeness (QED) is 0.234. The summed E-state index contributed by atoms with van der Waals surface area (Å²) in [6.07, 6.45) is 0. The van der Waals surface area contributed by atoms with Gasteiger partial charge in [-0.05, 0) is 53.3 Å². The van der Waals surface area contributed by atoms with Crippen LogP contribution in [0.25, 0.3) is 5.76 Å². The van der Waals surface area contributed by atoms with E-state index in [0.717, 1.165) is 11.1 Å². The van der Waals surface area contributed by atoms with Crippen LogP contribution in [0.15, 0.2) is 66.2 Å². The number of methoxy groups -OCH3 is 2. The lowest BCUT2D eigenvalue weighted by atomic mass is 9.85. The number of ether oxygens (including phenoxy) is 2. The van der Waals surface area contributed by atoms with Gasteiger partial charge in [0.15, 0.2) is 0 Å². The number of aryl methyl sites for hydroxylation is 1. The zero-order valence-corrected chi connectivity index (χ0v) is 22.5. The molecule has 6 nitrogen and oxygen atoms in total. The number of carbonyl (C=O) groups excluding carboxylic acids is 2. The van der Waals surface area contributed by atoms with Crippen LogP contribution in [0.2, 0.25) is 5.02 Å². The fourth-order valence-electron chi connectivity index (χ4n) is 4.54. The number of nitrogens with zero attached hydrogens (tertiary/aromatic N) is 1. The van der Waals surface area contributed by atoms with E-state index < -0.39 is 17.7 Å². The lowest BCUT2D eigenvalue weighted by Gasteiger charge is -2.28. The molecule has 3 aromatic carbocycles. The van der Waals surface area contributed by atoms with Crippen LogP contribution in [0.3, 0.4) is 0 Å². The van der Waals surface area contributed by atoms with E-state index >= 15 is 0 Å². The molecule has 0 spiro atoms. The first kappa shape index (κ1) is 26.3. The number of hydrogen-bond acceptors (Lipinski definition) is 5. The molecule has 4 rings (SSSR count). The molecule has 0 aromatic heterocycles. The van der Waals surface area contributed by atoms with Crippen molar-refractivity contribution in [1.29, 1.82) is 0 Å². The number of aliphatic hydroxyl groups is 1. The molecule has 192 valence electrons. The normalized spacial score (nSPS) is 17.3. The molecule has 1 aliphatic rings. The highest BCUT2D eigenvalue weighted by molar-refractivity contribution is 6.52. The van der Waals surface area contributed by atoms with Crippen LogP contribution in [0.1, 0.15) is 49.1 Å². The van der Waals surface area contributed by atoms with Crippen LogP contribution in [-0.2, 0) is 15.0 Å². The topological polar surface area (TPSA) is 76.1 Å². The summed E-state index contributed by atoms with van der Waals surface area (Å²) in [6.45, 7) is 8.18. The average Bonchev–Trinajstić information content (AvgIpc) is 3.14. The van der Waals surface area contributed by atoms with Gasteiger partial charge in [-0.3, -0.25) is 14.5 Å². The van der Waals surface area contributed by atoms with Gasteiger partial charge in [0, 0.05) is 16.8 Å². The van der Waals surface area contributed by atoms with Crippen molar-refractivity contribution in [3.05, 3.63) is 93.5 Å². The number of aliphatic hydroxyl groups excluding tert-OH is 1. The molecule has 1 amide bonds. The summed E-state index contributed by atoms with van der Waals surface area (Å²) in [6, 6.07) is 16.9. The van der Waals surface area contributed by atoms with Crippen molar-refractivity contribution in [2.75, 3.05) is 19.1 Å². The summed E-state index contributed by atoms with van der Waals surface area (Å²) in [5.41, 5.74) is 3.21. The fraction of sp³-hybridized carbons (Fsp3) is 0.267. The summed E-state index contributed by atoms with van der Waals surface area (Å²) in [4.78, 5) is 28.5. The van der Waals surface area contributed by atoms with Crippen LogP contribution >= 0.6 is 11.6 Å². The molecule has 1 unspecified atom stereocenters. The van der Waals surface area contributed by atoms with Crippen LogP contribution in [0.5, 0.6) is 11.5 Å². The molecule has 1 N–H and O–H groups in total. The zero-order chi connectivity index (χ0) is 27.1. The smallest absolute Gasteiger partial charge is 0.300 e. The number of benzene rings is 3. The van der Waals surface area contributed by atoms with Gasteiger partial charge >= 0.3 is 0 Å². The van der Waals surface area contributed by atoms with Gasteiger partial charge in [-0.25, -0.2) is 0 Å². The summed E-state index contributed by atoms with van der Waals surface area (Å²) >= 11 is 6.29. The summed E-state index contributed by atoms with van der Waals surface area (Å²) in [5, 5.41) is 12.0. The number of carbonyl (C=O) groups is 2. The van der Waals surface area contributed by atoms with Crippen LogP contribution in [-0.4, -0.2) is 31.0 Å². The number of ketones is 1. The minimum Gasteiger partial charge on any atom is -0.507 e. The first-order valence-electron chi connectivity index (χ1n) is 11.9. The molecule has 1 heterocycles. The summed E-state index contributed by atoms with van der Waals surface area (Å²) < 4.78 is 10.7. The molecule has 0 aliphatic carbocycles. The number of amides is 1. The molecule has 1 saturated heterocycles. The molecule has 0 radical (unpaired) electrons. The van der Waals surface area contributed by atoms with Gasteiger partial charge in [0.1, 0.15) is 17.3 Å². The van der Waals surface area contributed by atoms with E-state index in [-0.39, 0.29) is 22.3 Å². The minimum absolute atomic E-state index is 0.0312. The van der Waals surface area contributed by atoms with Crippen molar-refractivity contribution >= 4 is 34.7 Å². The zero-order valence-electron chi connectivity index (χ0n) is 21.8. The minimum atomic E-state index is -0.877. The molecular weight excluding hydrogens is 490 g/mol. The number of hydrogen-bond donors (Lipinski definition) is 1. The average molecular weight is 520 g/mol. The number of rotatable bonds is 5. The van der Waals surface area contributed by atoms with Crippen LogP contribution in [0.4, 0.5) is 5.69 Å². The van der Waals surface area contributed by atoms with E-state index in [2.05, 4.69) is 20.8 Å². The molecule has 37 heavy (non-hydrogen) atoms. The van der Waals surface area contributed by atoms with Gasteiger partial charge in [-0.15, -0.1) is 0 Å². The summed E-state index contributed by atoms with van der Waals surface area (Å²) in [5.74, 6) is -1.03. The molecule has 1 fully saturated rings. The predicted octanol–water partition coefficient (Wildman–Crippen LogP) is 6.59. The highest BCUT2D eigenvalue weighted by Gasteiger charge is 2.47. The molecule has 0 bridgehead atoms. The maximum Gasteiger partial charge on any atom is 0.300 e. The Morgan fingerprint density at radius 2 is 1.62 bits per heavy atom. The van der Waals surface area contributed by atoms with Gasteiger partial charge in [0.25, 0.3) is 11.7 Å². The predicted molar refractivity (Wildman–Crippen MR) is 146 cm³/mol. The second-order valence-corrected chi connectivity index (χ2v) is 10.5. The Labute approximate surface area is 222 Å². The molecular formula is C30H30ClNO5. The van der Waals surface area contributed by atoms with Crippen LogP contribution < -0.4 is 14.4 Å². The Morgan fingerprint density at radius 1 is 0.946 bits per heavy atom. The maximum atomic E-state index is 13.5. The van der Waals surface area contributed by atoms with Crippen LogP contribution in [0, 0.1) is 6.92 Å². The van der Waals surface area contributed by atoms with Gasteiger partial charge in [-0.1, -0.05) is 62.7 Å². The van der Waals surface area contributed by atoms with E-state index in [4.69, 9.17) is 21.1 Å². The van der Waals surface area contributed by atoms with Crippen molar-refractivity contribution in [2.24, 2.45) is 0 Å². The monoisotopic (exact) mass is 519 g/mol. The lowest BCUT2D eigenvalue weighted by Crippen LogP contribution is -2.30. The van der Waals surface area contributed by atoms with Crippen molar-refractivity contribution in [3.8, 4) is 11.5 Å². The van der Waals surface area contributed by atoms with E-state index in [1.807, 2.05) is 31.2 Å². The first-order chi connectivity index (χ1) is 17.5. The number of halogens is 1. The van der Waals surface area contributed by atoms with E-state index in [1.54, 1.807) is 36.4 Å². The van der Waals surface area contributed by atoms with Gasteiger partial charge < -0.3 is 14.6 Å². The third kappa shape index (κ3) is 4.81. The fourth-order valence-corrected chi connectivity index (χ4v) is 4.71. The Morgan fingerprint density at radius 3 is 2.22 bits per heavy atom. The molecule has 7 heteroatoms. The van der Waals surface area contributed by atoms with E-state index in [1.165, 1.54) is 19.1 Å².